The SMILES string of the molecule is CCC1CCC(N)C(S(=O)(=O)CC(C)C)C1. The Kier molecular flexibility index (Phi) is 4.80. The second-order valence-corrected chi connectivity index (χ2v) is 7.78. The van der Waals surface area contributed by atoms with Gasteiger partial charge in [-0.25, -0.2) is 8.42 Å². The van der Waals surface area contributed by atoms with Gasteiger partial charge < -0.3 is 5.73 Å². The van der Waals surface area contributed by atoms with Gasteiger partial charge in [0.15, 0.2) is 9.84 Å². The monoisotopic (exact) mass is 247 g/mol. The van der Waals surface area contributed by atoms with Gasteiger partial charge in [0.25, 0.3) is 0 Å². The molecule has 2 N–H and O–H groups in total. The first-order valence-electron chi connectivity index (χ1n) is 6.34. The molecule has 3 atom stereocenters. The molecule has 0 radical (unpaired) electrons. The standard InChI is InChI=1S/C12H25NO2S/c1-4-10-5-6-11(13)12(7-10)16(14,15)8-9(2)3/h9-12H,4-8,13H2,1-3H3. The van der Waals surface area contributed by atoms with Crippen LogP contribution >= 0.6 is 0 Å². The summed E-state index contributed by atoms with van der Waals surface area (Å²) in [6.45, 7) is 6.03. The van der Waals surface area contributed by atoms with Crippen molar-refractivity contribution in [2.24, 2.45) is 17.6 Å². The molecule has 0 saturated heterocycles. The molecule has 1 saturated carbocycles. The lowest BCUT2D eigenvalue weighted by Crippen LogP contribution is -2.46. The normalized spacial score (nSPS) is 31.9. The summed E-state index contributed by atoms with van der Waals surface area (Å²) < 4.78 is 24.4. The van der Waals surface area contributed by atoms with Gasteiger partial charge in [0.2, 0.25) is 0 Å². The van der Waals surface area contributed by atoms with Crippen molar-refractivity contribution in [3.63, 3.8) is 0 Å². The van der Waals surface area contributed by atoms with E-state index in [1.807, 2.05) is 13.8 Å². The van der Waals surface area contributed by atoms with Crippen LogP contribution in [0.15, 0.2) is 0 Å². The molecule has 0 aromatic heterocycles. The molecular formula is C12H25NO2S. The molecule has 0 spiro atoms. The predicted octanol–water partition coefficient (Wildman–Crippen LogP) is 1.96. The molecule has 96 valence electrons. The Balaban J connectivity index is 2.76. The summed E-state index contributed by atoms with van der Waals surface area (Å²) in [6.07, 6.45) is 3.79. The average Bonchev–Trinajstić information content (AvgIpc) is 2.16. The van der Waals surface area contributed by atoms with Crippen molar-refractivity contribution in [2.75, 3.05) is 5.75 Å². The van der Waals surface area contributed by atoms with Crippen molar-refractivity contribution in [2.45, 2.75) is 57.7 Å². The Bertz CT molecular complexity index is 311. The lowest BCUT2D eigenvalue weighted by atomic mass is 9.84. The van der Waals surface area contributed by atoms with Crippen molar-refractivity contribution in [1.82, 2.24) is 0 Å². The van der Waals surface area contributed by atoms with Gasteiger partial charge in [-0.2, -0.15) is 0 Å². The molecule has 16 heavy (non-hydrogen) atoms. The van der Waals surface area contributed by atoms with Crippen LogP contribution in [-0.4, -0.2) is 25.5 Å². The number of hydrogen-bond donors (Lipinski definition) is 1. The quantitative estimate of drug-likeness (QED) is 0.826. The highest BCUT2D eigenvalue weighted by atomic mass is 32.2. The fraction of sp³-hybridized carbons (Fsp3) is 1.00. The van der Waals surface area contributed by atoms with Crippen molar-refractivity contribution >= 4 is 9.84 Å². The largest absolute Gasteiger partial charge is 0.327 e. The molecule has 0 bridgehead atoms. The Morgan fingerprint density at radius 3 is 2.44 bits per heavy atom. The van der Waals surface area contributed by atoms with Gasteiger partial charge in [0.05, 0.1) is 11.0 Å². The number of rotatable bonds is 4. The van der Waals surface area contributed by atoms with Gasteiger partial charge >= 0.3 is 0 Å². The summed E-state index contributed by atoms with van der Waals surface area (Å²) in [6, 6.07) is -0.147. The van der Waals surface area contributed by atoms with Crippen molar-refractivity contribution in [3.8, 4) is 0 Å². The van der Waals surface area contributed by atoms with E-state index in [9.17, 15) is 8.42 Å². The van der Waals surface area contributed by atoms with E-state index < -0.39 is 9.84 Å². The molecule has 3 unspecified atom stereocenters. The van der Waals surface area contributed by atoms with Gasteiger partial charge in [-0.1, -0.05) is 27.2 Å². The molecule has 1 aliphatic carbocycles. The maximum atomic E-state index is 12.2. The van der Waals surface area contributed by atoms with Gasteiger partial charge in [-0.15, -0.1) is 0 Å². The number of nitrogens with two attached hydrogens (primary N) is 1. The highest BCUT2D eigenvalue weighted by molar-refractivity contribution is 7.92. The van der Waals surface area contributed by atoms with E-state index in [1.165, 1.54) is 0 Å². The maximum absolute atomic E-state index is 12.2. The molecule has 0 amide bonds. The zero-order chi connectivity index (χ0) is 12.3. The minimum absolute atomic E-state index is 0.147. The van der Waals surface area contributed by atoms with Crippen molar-refractivity contribution in [1.29, 1.82) is 0 Å². The van der Waals surface area contributed by atoms with E-state index in [4.69, 9.17) is 5.73 Å². The fourth-order valence-electron chi connectivity index (χ4n) is 2.61. The first-order chi connectivity index (χ1) is 7.36. The molecular weight excluding hydrogens is 222 g/mol. The van der Waals surface area contributed by atoms with E-state index >= 15 is 0 Å². The number of sulfone groups is 1. The first kappa shape index (κ1) is 14.0. The predicted molar refractivity (Wildman–Crippen MR) is 68.0 cm³/mol. The Morgan fingerprint density at radius 1 is 1.31 bits per heavy atom. The van der Waals surface area contributed by atoms with E-state index in [0.717, 1.165) is 25.7 Å². The molecule has 3 nitrogen and oxygen atoms in total. The van der Waals surface area contributed by atoms with E-state index in [2.05, 4.69) is 6.92 Å². The van der Waals surface area contributed by atoms with Gasteiger partial charge in [0, 0.05) is 6.04 Å². The third kappa shape index (κ3) is 3.45. The van der Waals surface area contributed by atoms with Gasteiger partial charge in [-0.3, -0.25) is 0 Å². The lowest BCUT2D eigenvalue weighted by molar-refractivity contribution is 0.318. The summed E-state index contributed by atoms with van der Waals surface area (Å²) in [5, 5.41) is -0.298. The first-order valence-corrected chi connectivity index (χ1v) is 8.05. The fourth-order valence-corrected chi connectivity index (χ4v) is 5.02. The molecule has 1 rings (SSSR count). The zero-order valence-electron chi connectivity index (χ0n) is 10.6. The topological polar surface area (TPSA) is 60.2 Å². The molecule has 0 aliphatic heterocycles. The van der Waals surface area contributed by atoms with Crippen LogP contribution in [0.3, 0.4) is 0 Å². The summed E-state index contributed by atoms with van der Waals surface area (Å²) in [7, 11) is -3.00. The van der Waals surface area contributed by atoms with Crippen LogP contribution in [0.2, 0.25) is 0 Å². The van der Waals surface area contributed by atoms with Crippen LogP contribution in [-0.2, 0) is 9.84 Å². The Morgan fingerprint density at radius 2 is 1.94 bits per heavy atom. The Hall–Kier alpha value is -0.0900. The highest BCUT2D eigenvalue weighted by Crippen LogP contribution is 2.30. The maximum Gasteiger partial charge on any atom is 0.154 e. The summed E-state index contributed by atoms with van der Waals surface area (Å²) in [4.78, 5) is 0. The lowest BCUT2D eigenvalue weighted by Gasteiger charge is -2.33. The van der Waals surface area contributed by atoms with Gasteiger partial charge in [0.1, 0.15) is 0 Å². The van der Waals surface area contributed by atoms with E-state index in [-0.39, 0.29) is 23.0 Å². The third-order valence-corrected chi connectivity index (χ3v) is 6.15. The molecule has 1 aliphatic rings. The molecule has 0 aromatic rings. The minimum atomic E-state index is -3.00. The van der Waals surface area contributed by atoms with Crippen LogP contribution in [0.1, 0.15) is 46.5 Å². The second-order valence-electron chi connectivity index (χ2n) is 5.51. The summed E-state index contributed by atoms with van der Waals surface area (Å²) >= 11 is 0. The molecule has 1 fully saturated rings. The Labute approximate surface area is 99.7 Å². The smallest absolute Gasteiger partial charge is 0.154 e. The molecule has 4 heteroatoms. The van der Waals surface area contributed by atoms with Gasteiger partial charge in [-0.05, 0) is 31.1 Å². The molecule has 0 aromatic carbocycles. The summed E-state index contributed by atoms with van der Waals surface area (Å²) in [5.41, 5.74) is 5.98. The second kappa shape index (κ2) is 5.50. The van der Waals surface area contributed by atoms with Crippen molar-refractivity contribution in [3.05, 3.63) is 0 Å². The van der Waals surface area contributed by atoms with E-state index in [0.29, 0.717) is 5.92 Å². The van der Waals surface area contributed by atoms with Crippen LogP contribution in [0, 0.1) is 11.8 Å². The number of hydrogen-bond acceptors (Lipinski definition) is 3. The van der Waals surface area contributed by atoms with Crippen molar-refractivity contribution < 1.29 is 8.42 Å². The highest BCUT2D eigenvalue weighted by Gasteiger charge is 2.36. The third-order valence-electron chi connectivity index (χ3n) is 3.56. The van der Waals surface area contributed by atoms with E-state index in [1.54, 1.807) is 0 Å². The minimum Gasteiger partial charge on any atom is -0.327 e. The summed E-state index contributed by atoms with van der Waals surface area (Å²) in [5.74, 6) is 1.02. The van der Waals surface area contributed by atoms with Crippen LogP contribution < -0.4 is 5.73 Å². The van der Waals surface area contributed by atoms with Crippen LogP contribution in [0.25, 0.3) is 0 Å². The zero-order valence-corrected chi connectivity index (χ0v) is 11.5. The molecule has 0 heterocycles. The van der Waals surface area contributed by atoms with Crippen LogP contribution in [0.5, 0.6) is 0 Å². The average molecular weight is 247 g/mol. The van der Waals surface area contributed by atoms with Crippen LogP contribution in [0.4, 0.5) is 0 Å².